The van der Waals surface area contributed by atoms with Crippen molar-refractivity contribution < 1.29 is 4.39 Å². The molecule has 1 spiro atoms. The zero-order valence-electron chi connectivity index (χ0n) is 9.02. The highest BCUT2D eigenvalue weighted by molar-refractivity contribution is 5.48. The largest absolute Gasteiger partial charge is 0.324 e. The second kappa shape index (κ2) is 2.82. The zero-order valence-corrected chi connectivity index (χ0v) is 9.02. The van der Waals surface area contributed by atoms with Crippen LogP contribution in [0.4, 0.5) is 4.39 Å². The van der Waals surface area contributed by atoms with Crippen LogP contribution in [0.2, 0.25) is 0 Å². The van der Waals surface area contributed by atoms with Gasteiger partial charge in [0.2, 0.25) is 0 Å². The Morgan fingerprint density at radius 2 is 2.07 bits per heavy atom. The Morgan fingerprint density at radius 1 is 1.33 bits per heavy atom. The molecule has 3 rings (SSSR count). The van der Waals surface area contributed by atoms with E-state index < -0.39 is 0 Å². The van der Waals surface area contributed by atoms with Gasteiger partial charge in [-0.15, -0.1) is 0 Å². The lowest BCUT2D eigenvalue weighted by molar-refractivity contribution is 0.452. The van der Waals surface area contributed by atoms with Gasteiger partial charge in [0.1, 0.15) is 5.82 Å². The topological polar surface area (TPSA) is 26.0 Å². The Hall–Kier alpha value is -0.890. The van der Waals surface area contributed by atoms with Crippen molar-refractivity contribution in [3.63, 3.8) is 0 Å². The maximum Gasteiger partial charge on any atom is 0.128 e. The van der Waals surface area contributed by atoms with Gasteiger partial charge in [0, 0.05) is 11.6 Å². The van der Waals surface area contributed by atoms with Gasteiger partial charge in [0.05, 0.1) is 0 Å². The van der Waals surface area contributed by atoms with Crippen LogP contribution in [0.5, 0.6) is 0 Å². The van der Waals surface area contributed by atoms with E-state index in [0.29, 0.717) is 5.41 Å². The minimum atomic E-state index is -0.103. The first-order valence-electron chi connectivity index (χ1n) is 5.69. The fourth-order valence-electron chi connectivity index (χ4n) is 3.12. The summed E-state index contributed by atoms with van der Waals surface area (Å²) >= 11 is 0. The highest BCUT2D eigenvalue weighted by Gasteiger charge is 2.49. The van der Waals surface area contributed by atoms with Crippen LogP contribution < -0.4 is 5.73 Å². The van der Waals surface area contributed by atoms with E-state index in [0.717, 1.165) is 18.4 Å². The predicted octanol–water partition coefficient (Wildman–Crippen LogP) is 2.96. The third kappa shape index (κ3) is 1.18. The molecule has 0 amide bonds. The Labute approximate surface area is 89.5 Å². The van der Waals surface area contributed by atoms with E-state index in [1.54, 1.807) is 6.07 Å². The predicted molar refractivity (Wildman–Crippen MR) is 58.2 cm³/mol. The third-order valence-electron chi connectivity index (χ3n) is 4.09. The fourth-order valence-corrected chi connectivity index (χ4v) is 3.12. The van der Waals surface area contributed by atoms with Crippen LogP contribution in [-0.4, -0.2) is 0 Å². The molecule has 1 aromatic carbocycles. The van der Waals surface area contributed by atoms with Crippen LogP contribution in [0.3, 0.4) is 0 Å². The van der Waals surface area contributed by atoms with Gasteiger partial charge in [-0.05, 0) is 55.2 Å². The van der Waals surface area contributed by atoms with Crippen LogP contribution >= 0.6 is 0 Å². The summed E-state index contributed by atoms with van der Waals surface area (Å²) in [7, 11) is 0. The number of nitrogens with two attached hydrogens (primary N) is 1. The first-order valence-corrected chi connectivity index (χ1v) is 5.69. The molecule has 1 saturated carbocycles. The number of rotatable bonds is 0. The molecule has 15 heavy (non-hydrogen) atoms. The summed E-state index contributed by atoms with van der Waals surface area (Å²) in [5.74, 6) is -0.103. The molecule has 1 aromatic rings. The lowest BCUT2D eigenvalue weighted by Gasteiger charge is -2.31. The van der Waals surface area contributed by atoms with Crippen molar-refractivity contribution in [1.82, 2.24) is 0 Å². The normalized spacial score (nSPS) is 26.5. The minimum Gasteiger partial charge on any atom is -0.324 e. The Kier molecular flexibility index (Phi) is 1.76. The molecule has 2 aliphatic rings. The smallest absolute Gasteiger partial charge is 0.128 e. The summed E-state index contributed by atoms with van der Waals surface area (Å²) in [5, 5.41) is 0. The molecule has 2 N–H and O–H groups in total. The van der Waals surface area contributed by atoms with Gasteiger partial charge in [-0.3, -0.25) is 0 Å². The highest BCUT2D eigenvalue weighted by atomic mass is 19.1. The van der Waals surface area contributed by atoms with E-state index in [2.05, 4.69) is 6.92 Å². The molecule has 0 saturated heterocycles. The molecule has 1 nitrogen and oxygen atoms in total. The summed E-state index contributed by atoms with van der Waals surface area (Å²) in [6.45, 7) is 2.08. The quantitative estimate of drug-likeness (QED) is 0.692. The van der Waals surface area contributed by atoms with Gasteiger partial charge in [0.15, 0.2) is 0 Å². The van der Waals surface area contributed by atoms with Gasteiger partial charge in [-0.2, -0.15) is 0 Å². The molecule has 2 aliphatic carbocycles. The number of hydrogen-bond acceptors (Lipinski definition) is 1. The summed E-state index contributed by atoms with van der Waals surface area (Å²) in [6, 6.07) is 3.37. The molecule has 1 atom stereocenters. The molecule has 0 bridgehead atoms. The van der Waals surface area contributed by atoms with E-state index in [4.69, 9.17) is 5.73 Å². The first-order chi connectivity index (χ1) is 7.14. The minimum absolute atomic E-state index is 0.0916. The molecular weight excluding hydrogens is 189 g/mol. The van der Waals surface area contributed by atoms with E-state index in [1.807, 2.05) is 6.07 Å². The average Bonchev–Trinajstić information content (AvgIpc) is 2.97. The first kappa shape index (κ1) is 9.34. The molecular formula is C13H16FN. The summed E-state index contributed by atoms with van der Waals surface area (Å²) in [5.41, 5.74) is 9.59. The van der Waals surface area contributed by atoms with Crippen LogP contribution in [0.25, 0.3) is 0 Å². The van der Waals surface area contributed by atoms with Crippen molar-refractivity contribution in [3.8, 4) is 0 Å². The summed E-state index contributed by atoms with van der Waals surface area (Å²) < 4.78 is 13.8. The van der Waals surface area contributed by atoms with Gasteiger partial charge >= 0.3 is 0 Å². The SMILES string of the molecule is Cc1ccc(F)c2c1C1(CCC2N)CC1. The summed E-state index contributed by atoms with van der Waals surface area (Å²) in [6.07, 6.45) is 4.52. The molecule has 2 heteroatoms. The van der Waals surface area contributed by atoms with Gasteiger partial charge in [0.25, 0.3) is 0 Å². The monoisotopic (exact) mass is 205 g/mol. The summed E-state index contributed by atoms with van der Waals surface area (Å²) in [4.78, 5) is 0. The van der Waals surface area contributed by atoms with Crippen LogP contribution in [-0.2, 0) is 5.41 Å². The number of halogens is 1. The van der Waals surface area contributed by atoms with Crippen molar-refractivity contribution in [2.45, 2.75) is 44.1 Å². The molecule has 1 fully saturated rings. The molecule has 0 radical (unpaired) electrons. The average molecular weight is 205 g/mol. The van der Waals surface area contributed by atoms with Crippen molar-refractivity contribution >= 4 is 0 Å². The third-order valence-corrected chi connectivity index (χ3v) is 4.09. The molecule has 1 unspecified atom stereocenters. The van der Waals surface area contributed by atoms with Gasteiger partial charge in [-0.25, -0.2) is 4.39 Å². The maximum absolute atomic E-state index is 13.8. The lowest BCUT2D eigenvalue weighted by atomic mass is 9.75. The fraction of sp³-hybridized carbons (Fsp3) is 0.538. The Bertz CT molecular complexity index is 421. The number of aryl methyl sites for hydroxylation is 1. The zero-order chi connectivity index (χ0) is 10.6. The van der Waals surface area contributed by atoms with E-state index in [-0.39, 0.29) is 11.9 Å². The molecule has 0 aliphatic heterocycles. The van der Waals surface area contributed by atoms with E-state index in [9.17, 15) is 4.39 Å². The van der Waals surface area contributed by atoms with Crippen LogP contribution in [0.15, 0.2) is 12.1 Å². The number of hydrogen-bond donors (Lipinski definition) is 1. The Morgan fingerprint density at radius 3 is 2.73 bits per heavy atom. The van der Waals surface area contributed by atoms with Gasteiger partial charge in [-0.1, -0.05) is 6.07 Å². The van der Waals surface area contributed by atoms with Crippen molar-refractivity contribution in [2.75, 3.05) is 0 Å². The number of fused-ring (bicyclic) bond motifs is 2. The maximum atomic E-state index is 13.8. The van der Waals surface area contributed by atoms with Crippen molar-refractivity contribution in [3.05, 3.63) is 34.6 Å². The van der Waals surface area contributed by atoms with Gasteiger partial charge < -0.3 is 5.73 Å². The van der Waals surface area contributed by atoms with Crippen LogP contribution in [0, 0.1) is 12.7 Å². The van der Waals surface area contributed by atoms with E-state index >= 15 is 0 Å². The second-order valence-corrected chi connectivity index (χ2v) is 5.08. The molecule has 0 aromatic heterocycles. The molecule has 80 valence electrons. The van der Waals surface area contributed by atoms with Crippen LogP contribution in [0.1, 0.15) is 48.4 Å². The van der Waals surface area contributed by atoms with Crippen molar-refractivity contribution in [2.24, 2.45) is 5.73 Å². The number of benzene rings is 1. The Balaban J connectivity index is 2.27. The second-order valence-electron chi connectivity index (χ2n) is 5.08. The van der Waals surface area contributed by atoms with Crippen molar-refractivity contribution in [1.29, 1.82) is 0 Å². The lowest BCUT2D eigenvalue weighted by Crippen LogP contribution is -2.26. The highest BCUT2D eigenvalue weighted by Crippen LogP contribution is 2.58. The molecule has 0 heterocycles. The standard InChI is InChI=1S/C13H16FN/c1-8-2-3-9(14)11-10(15)4-5-13(6-7-13)12(8)11/h2-3,10H,4-7,15H2,1H3. The van der Waals surface area contributed by atoms with E-state index in [1.165, 1.54) is 24.0 Å².